The van der Waals surface area contributed by atoms with E-state index in [9.17, 15) is 9.18 Å². The summed E-state index contributed by atoms with van der Waals surface area (Å²) in [6.07, 6.45) is 3.83. The Morgan fingerprint density at radius 3 is 2.70 bits per heavy atom. The van der Waals surface area contributed by atoms with Crippen molar-refractivity contribution in [1.29, 1.82) is 0 Å². The van der Waals surface area contributed by atoms with Crippen LogP contribution in [0.15, 0.2) is 36.5 Å². The highest BCUT2D eigenvalue weighted by atomic mass is 19.1. The number of nitrogens with one attached hydrogen (secondary N) is 1. The van der Waals surface area contributed by atoms with E-state index < -0.39 is 5.60 Å². The molecule has 0 spiro atoms. The van der Waals surface area contributed by atoms with Gasteiger partial charge in [-0.1, -0.05) is 0 Å². The Labute approximate surface area is 134 Å². The second kappa shape index (κ2) is 6.12. The molecule has 6 heteroatoms. The average Bonchev–Trinajstić information content (AvgIpc) is 3.32. The molecule has 2 aromatic rings. The summed E-state index contributed by atoms with van der Waals surface area (Å²) < 4.78 is 20.0. The number of hydrogen-bond acceptors (Lipinski definition) is 3. The number of carbonyl (C=O) groups excluding carboxylic acids is 1. The second-order valence-corrected chi connectivity index (χ2v) is 6.00. The molecule has 1 aromatic heterocycles. The first kappa shape index (κ1) is 15.7. The summed E-state index contributed by atoms with van der Waals surface area (Å²) in [6.45, 7) is 2.16. The number of methoxy groups -OCH3 is 1. The minimum Gasteiger partial charge on any atom is -0.368 e. The van der Waals surface area contributed by atoms with Gasteiger partial charge in [0, 0.05) is 13.3 Å². The number of hydrogen-bond donors (Lipinski definition) is 1. The molecule has 3 rings (SSSR count). The lowest BCUT2D eigenvalue weighted by Crippen LogP contribution is -2.47. The van der Waals surface area contributed by atoms with Crippen molar-refractivity contribution in [2.24, 2.45) is 5.92 Å². The van der Waals surface area contributed by atoms with Crippen LogP contribution in [0.4, 0.5) is 4.39 Å². The lowest BCUT2D eigenvalue weighted by molar-refractivity contribution is -0.144. The van der Waals surface area contributed by atoms with Gasteiger partial charge in [-0.2, -0.15) is 5.10 Å². The molecule has 0 aliphatic heterocycles. The molecule has 1 atom stereocenters. The molecular formula is C17H20FN3O2. The molecule has 1 heterocycles. The van der Waals surface area contributed by atoms with Crippen molar-refractivity contribution >= 4 is 5.91 Å². The van der Waals surface area contributed by atoms with Gasteiger partial charge < -0.3 is 10.1 Å². The smallest absolute Gasteiger partial charge is 0.252 e. The highest BCUT2D eigenvalue weighted by Gasteiger charge is 2.47. The van der Waals surface area contributed by atoms with Crippen LogP contribution < -0.4 is 5.32 Å². The minimum atomic E-state index is -0.764. The molecule has 0 saturated heterocycles. The van der Waals surface area contributed by atoms with Gasteiger partial charge in [0.1, 0.15) is 11.4 Å². The molecule has 1 saturated carbocycles. The highest BCUT2D eigenvalue weighted by molar-refractivity contribution is 5.85. The van der Waals surface area contributed by atoms with Crippen LogP contribution in [0.1, 0.15) is 25.5 Å². The Morgan fingerprint density at radius 2 is 2.09 bits per heavy atom. The summed E-state index contributed by atoms with van der Waals surface area (Å²) in [6, 6.07) is 7.90. The lowest BCUT2D eigenvalue weighted by atomic mass is 9.99. The highest BCUT2D eigenvalue weighted by Crippen LogP contribution is 2.41. The van der Waals surface area contributed by atoms with Gasteiger partial charge in [0.05, 0.1) is 17.9 Å². The Kier molecular flexibility index (Phi) is 4.17. The van der Waals surface area contributed by atoms with Gasteiger partial charge in [0.2, 0.25) is 0 Å². The molecule has 1 aromatic carbocycles. The molecule has 1 amide bonds. The predicted molar refractivity (Wildman–Crippen MR) is 83.5 cm³/mol. The van der Waals surface area contributed by atoms with Crippen LogP contribution in [0.25, 0.3) is 5.69 Å². The van der Waals surface area contributed by atoms with Crippen LogP contribution in [-0.2, 0) is 16.1 Å². The van der Waals surface area contributed by atoms with E-state index in [-0.39, 0.29) is 11.7 Å². The number of rotatable bonds is 6. The maximum absolute atomic E-state index is 12.9. The normalized spacial score (nSPS) is 16.8. The number of nitrogens with zero attached hydrogens (tertiary/aromatic N) is 2. The summed E-state index contributed by atoms with van der Waals surface area (Å²) in [4.78, 5) is 12.4. The maximum Gasteiger partial charge on any atom is 0.252 e. The largest absolute Gasteiger partial charge is 0.368 e. The Bertz CT molecular complexity index is 694. The van der Waals surface area contributed by atoms with E-state index in [0.717, 1.165) is 24.2 Å². The molecule has 1 N–H and O–H groups in total. The number of ether oxygens (including phenoxy) is 1. The minimum absolute atomic E-state index is 0.112. The average molecular weight is 317 g/mol. The third-order valence-electron chi connectivity index (χ3n) is 4.40. The van der Waals surface area contributed by atoms with Crippen LogP contribution in [0.3, 0.4) is 0 Å². The fraction of sp³-hybridized carbons (Fsp3) is 0.412. The van der Waals surface area contributed by atoms with Gasteiger partial charge in [-0.05, 0) is 56.0 Å². The lowest BCUT2D eigenvalue weighted by Gasteiger charge is -2.26. The first-order valence-electron chi connectivity index (χ1n) is 7.67. The van der Waals surface area contributed by atoms with E-state index >= 15 is 0 Å². The fourth-order valence-corrected chi connectivity index (χ4v) is 2.62. The van der Waals surface area contributed by atoms with Gasteiger partial charge in [0.15, 0.2) is 0 Å². The monoisotopic (exact) mass is 317 g/mol. The molecule has 0 radical (unpaired) electrons. The van der Waals surface area contributed by atoms with Crippen LogP contribution in [0.2, 0.25) is 0 Å². The van der Waals surface area contributed by atoms with E-state index in [1.807, 2.05) is 13.0 Å². The second-order valence-electron chi connectivity index (χ2n) is 6.00. The Morgan fingerprint density at radius 1 is 1.39 bits per heavy atom. The Balaban J connectivity index is 1.63. The van der Waals surface area contributed by atoms with Crippen molar-refractivity contribution < 1.29 is 13.9 Å². The van der Waals surface area contributed by atoms with Crippen LogP contribution in [-0.4, -0.2) is 28.4 Å². The number of amides is 1. The zero-order valence-corrected chi connectivity index (χ0v) is 13.3. The first-order chi connectivity index (χ1) is 11.0. The Hall–Kier alpha value is -2.21. The third-order valence-corrected chi connectivity index (χ3v) is 4.40. The van der Waals surface area contributed by atoms with E-state index in [0.29, 0.717) is 12.5 Å². The van der Waals surface area contributed by atoms with Crippen molar-refractivity contribution in [2.45, 2.75) is 31.9 Å². The van der Waals surface area contributed by atoms with E-state index in [1.165, 1.54) is 12.1 Å². The van der Waals surface area contributed by atoms with E-state index in [4.69, 9.17) is 4.74 Å². The van der Waals surface area contributed by atoms with Gasteiger partial charge in [-0.15, -0.1) is 0 Å². The standard InChI is InChI=1S/C17H20FN3O2/c1-17(23-2,12-3-4-12)16(22)19-11-14-9-10-21(20-14)15-7-5-13(18)6-8-15/h5-10,12H,3-4,11H2,1-2H3,(H,19,22). The zero-order valence-electron chi connectivity index (χ0n) is 13.3. The molecule has 1 aliphatic carbocycles. The summed E-state index contributed by atoms with van der Waals surface area (Å²) in [7, 11) is 1.57. The number of carbonyl (C=O) groups is 1. The van der Waals surface area contributed by atoms with Crippen molar-refractivity contribution in [3.8, 4) is 5.69 Å². The van der Waals surface area contributed by atoms with Gasteiger partial charge in [0.25, 0.3) is 5.91 Å². The first-order valence-corrected chi connectivity index (χ1v) is 7.67. The van der Waals surface area contributed by atoms with E-state index in [1.54, 1.807) is 30.1 Å². The molecule has 1 fully saturated rings. The SMILES string of the molecule is COC(C)(C(=O)NCc1ccn(-c2ccc(F)cc2)n1)C1CC1. The molecule has 23 heavy (non-hydrogen) atoms. The topological polar surface area (TPSA) is 56.1 Å². The number of halogens is 1. The molecule has 5 nitrogen and oxygen atoms in total. The summed E-state index contributed by atoms with van der Waals surface area (Å²) in [5.74, 6) is -0.101. The van der Waals surface area contributed by atoms with Gasteiger partial charge >= 0.3 is 0 Å². The quantitative estimate of drug-likeness (QED) is 0.890. The van der Waals surface area contributed by atoms with Crippen molar-refractivity contribution in [1.82, 2.24) is 15.1 Å². The number of aromatic nitrogens is 2. The zero-order chi connectivity index (χ0) is 16.4. The van der Waals surface area contributed by atoms with E-state index in [2.05, 4.69) is 10.4 Å². The van der Waals surface area contributed by atoms with Crippen LogP contribution in [0, 0.1) is 11.7 Å². The number of benzene rings is 1. The van der Waals surface area contributed by atoms with Crippen molar-refractivity contribution in [2.75, 3.05) is 7.11 Å². The molecule has 1 unspecified atom stereocenters. The summed E-state index contributed by atoms with van der Waals surface area (Å²) in [5, 5.41) is 7.28. The van der Waals surface area contributed by atoms with Crippen molar-refractivity contribution in [3.63, 3.8) is 0 Å². The fourth-order valence-electron chi connectivity index (χ4n) is 2.62. The van der Waals surface area contributed by atoms with Crippen LogP contribution in [0.5, 0.6) is 0 Å². The third kappa shape index (κ3) is 3.27. The summed E-state index contributed by atoms with van der Waals surface area (Å²) in [5.41, 5.74) is 0.736. The predicted octanol–water partition coefficient (Wildman–Crippen LogP) is 2.44. The molecule has 122 valence electrons. The maximum atomic E-state index is 12.9. The molecule has 0 bridgehead atoms. The summed E-state index contributed by atoms with van der Waals surface area (Å²) >= 11 is 0. The molecular weight excluding hydrogens is 297 g/mol. The molecule has 1 aliphatic rings. The van der Waals surface area contributed by atoms with Gasteiger partial charge in [-0.25, -0.2) is 9.07 Å². The van der Waals surface area contributed by atoms with Crippen LogP contribution >= 0.6 is 0 Å². The van der Waals surface area contributed by atoms with Gasteiger partial charge in [-0.3, -0.25) is 4.79 Å². The van der Waals surface area contributed by atoms with Crippen molar-refractivity contribution in [3.05, 3.63) is 48.0 Å².